The number of esters is 1. The summed E-state index contributed by atoms with van der Waals surface area (Å²) in [7, 11) is 1.30. The Kier molecular flexibility index (Phi) is 7.20. The number of carbonyl (C=O) groups is 1. The van der Waals surface area contributed by atoms with E-state index in [9.17, 15) is 25.2 Å². The summed E-state index contributed by atoms with van der Waals surface area (Å²) in [5.41, 5.74) is 1.76. The number of methoxy groups -OCH3 is 1. The third-order valence-corrected chi connectivity index (χ3v) is 5.28. The van der Waals surface area contributed by atoms with Crippen molar-refractivity contribution in [3.8, 4) is 16.9 Å². The lowest BCUT2D eigenvalue weighted by atomic mass is 9.99. The van der Waals surface area contributed by atoms with Crippen LogP contribution in [0.1, 0.15) is 10.4 Å². The first kappa shape index (κ1) is 22.8. The molecule has 0 saturated carbocycles. The smallest absolute Gasteiger partial charge is 0.337 e. The van der Waals surface area contributed by atoms with E-state index in [4.69, 9.17) is 32.7 Å². The highest BCUT2D eigenvalue weighted by Crippen LogP contribution is 2.39. The third kappa shape index (κ3) is 4.55. The van der Waals surface area contributed by atoms with Gasteiger partial charge in [-0.1, -0.05) is 35.3 Å². The van der Waals surface area contributed by atoms with Crippen LogP contribution >= 0.6 is 23.2 Å². The standard InChI is InChI=1S/C20H20Cl2O8/c1-28-19(27)10-4-2-9(3-5-10)11-6-12(21)18(13(22)7-11)30-20-17(26)16(25)15(24)14(8-23)29-20/h2-7,14-17,20,23-26H,8H2,1H3. The van der Waals surface area contributed by atoms with Crippen molar-refractivity contribution >= 4 is 29.2 Å². The van der Waals surface area contributed by atoms with E-state index in [1.165, 1.54) is 7.11 Å². The van der Waals surface area contributed by atoms with Gasteiger partial charge in [-0.25, -0.2) is 4.79 Å². The lowest BCUT2D eigenvalue weighted by Crippen LogP contribution is -2.60. The van der Waals surface area contributed by atoms with Crippen LogP contribution in [0.25, 0.3) is 11.1 Å². The molecule has 1 saturated heterocycles. The highest BCUT2D eigenvalue weighted by molar-refractivity contribution is 6.37. The van der Waals surface area contributed by atoms with Crippen LogP contribution in [0.5, 0.6) is 5.75 Å². The monoisotopic (exact) mass is 458 g/mol. The topological polar surface area (TPSA) is 126 Å². The molecule has 0 bridgehead atoms. The van der Waals surface area contributed by atoms with Crippen molar-refractivity contribution in [3.05, 3.63) is 52.0 Å². The summed E-state index contributed by atoms with van der Waals surface area (Å²) >= 11 is 12.6. The van der Waals surface area contributed by atoms with Crippen LogP contribution in [0.3, 0.4) is 0 Å². The van der Waals surface area contributed by atoms with Gasteiger partial charge in [-0.2, -0.15) is 0 Å². The molecule has 2 aromatic carbocycles. The predicted molar refractivity (Wildman–Crippen MR) is 108 cm³/mol. The Morgan fingerprint density at radius 2 is 1.60 bits per heavy atom. The molecule has 1 fully saturated rings. The average Bonchev–Trinajstić information content (AvgIpc) is 2.75. The van der Waals surface area contributed by atoms with Gasteiger partial charge in [0.25, 0.3) is 0 Å². The molecule has 0 aromatic heterocycles. The lowest BCUT2D eigenvalue weighted by molar-refractivity contribution is -0.277. The van der Waals surface area contributed by atoms with Crippen molar-refractivity contribution in [1.82, 2.24) is 0 Å². The molecule has 30 heavy (non-hydrogen) atoms. The molecule has 0 amide bonds. The van der Waals surface area contributed by atoms with E-state index in [2.05, 4.69) is 4.74 Å². The van der Waals surface area contributed by atoms with Crippen molar-refractivity contribution < 1.29 is 39.4 Å². The molecular weight excluding hydrogens is 439 g/mol. The molecular formula is C20H20Cl2O8. The van der Waals surface area contributed by atoms with Crippen LogP contribution in [0.2, 0.25) is 10.0 Å². The van der Waals surface area contributed by atoms with Crippen molar-refractivity contribution in [3.63, 3.8) is 0 Å². The van der Waals surface area contributed by atoms with Crippen LogP contribution in [0.15, 0.2) is 36.4 Å². The maximum atomic E-state index is 11.6. The largest absolute Gasteiger partial charge is 0.465 e. The SMILES string of the molecule is COC(=O)c1ccc(-c2cc(Cl)c(OC3OC(CO)C(O)C(O)C3O)c(Cl)c2)cc1. The average molecular weight is 459 g/mol. The number of rotatable bonds is 5. The van der Waals surface area contributed by atoms with Gasteiger partial charge in [0.2, 0.25) is 6.29 Å². The van der Waals surface area contributed by atoms with E-state index >= 15 is 0 Å². The molecule has 0 aliphatic carbocycles. The number of aliphatic hydroxyl groups is 4. The fraction of sp³-hybridized carbons (Fsp3) is 0.350. The number of ether oxygens (including phenoxy) is 3. The number of halogens is 2. The van der Waals surface area contributed by atoms with Crippen LogP contribution in [-0.4, -0.2) is 70.8 Å². The normalized spacial score (nSPS) is 26.3. The van der Waals surface area contributed by atoms with E-state index in [-0.39, 0.29) is 15.8 Å². The maximum absolute atomic E-state index is 11.6. The first-order valence-electron chi connectivity index (χ1n) is 8.91. The van der Waals surface area contributed by atoms with Crippen LogP contribution in [0, 0.1) is 0 Å². The minimum Gasteiger partial charge on any atom is -0.465 e. The third-order valence-electron chi connectivity index (χ3n) is 4.72. The van der Waals surface area contributed by atoms with E-state index in [1.807, 2.05) is 0 Å². The first-order valence-corrected chi connectivity index (χ1v) is 9.67. The Balaban J connectivity index is 1.84. The van der Waals surface area contributed by atoms with Gasteiger partial charge in [-0.05, 0) is 35.4 Å². The van der Waals surface area contributed by atoms with E-state index in [1.54, 1.807) is 36.4 Å². The zero-order valence-corrected chi connectivity index (χ0v) is 17.2. The summed E-state index contributed by atoms with van der Waals surface area (Å²) in [5, 5.41) is 39.3. The van der Waals surface area contributed by atoms with Crippen LogP contribution in [0.4, 0.5) is 0 Å². The van der Waals surface area contributed by atoms with Crippen LogP contribution < -0.4 is 4.74 Å². The van der Waals surface area contributed by atoms with Gasteiger partial charge in [0.1, 0.15) is 24.4 Å². The second-order valence-electron chi connectivity index (χ2n) is 6.65. The van der Waals surface area contributed by atoms with Gasteiger partial charge < -0.3 is 34.6 Å². The number of carbonyl (C=O) groups excluding carboxylic acids is 1. The zero-order chi connectivity index (χ0) is 22.0. The van der Waals surface area contributed by atoms with E-state index in [0.717, 1.165) is 5.56 Å². The zero-order valence-electron chi connectivity index (χ0n) is 15.7. The van der Waals surface area contributed by atoms with Crippen LogP contribution in [-0.2, 0) is 9.47 Å². The number of benzene rings is 2. The van der Waals surface area contributed by atoms with Gasteiger partial charge in [0.05, 0.1) is 29.3 Å². The molecule has 2 aromatic rings. The summed E-state index contributed by atoms with van der Waals surface area (Å²) in [6.45, 7) is -0.590. The summed E-state index contributed by atoms with van der Waals surface area (Å²) in [5.74, 6) is -0.460. The van der Waals surface area contributed by atoms with Gasteiger partial charge in [0.15, 0.2) is 5.75 Å². The molecule has 3 rings (SSSR count). The molecule has 0 spiro atoms. The molecule has 5 atom stereocenters. The fourth-order valence-electron chi connectivity index (χ4n) is 3.04. The quantitative estimate of drug-likeness (QED) is 0.498. The molecule has 1 heterocycles. The number of hydrogen-bond acceptors (Lipinski definition) is 8. The van der Waals surface area contributed by atoms with Crippen molar-refractivity contribution in [2.24, 2.45) is 0 Å². The molecule has 10 heteroatoms. The van der Waals surface area contributed by atoms with Gasteiger partial charge in [-0.3, -0.25) is 0 Å². The molecule has 1 aliphatic heterocycles. The molecule has 0 radical (unpaired) electrons. The minimum absolute atomic E-state index is 0.00223. The molecule has 4 N–H and O–H groups in total. The Labute approximate surface area is 182 Å². The molecule has 1 aliphatic rings. The second kappa shape index (κ2) is 9.49. The van der Waals surface area contributed by atoms with Gasteiger partial charge in [0, 0.05) is 0 Å². The van der Waals surface area contributed by atoms with Crippen molar-refractivity contribution in [2.75, 3.05) is 13.7 Å². The maximum Gasteiger partial charge on any atom is 0.337 e. The Bertz CT molecular complexity index is 879. The number of aliphatic hydroxyl groups excluding tert-OH is 4. The van der Waals surface area contributed by atoms with Crippen molar-refractivity contribution in [1.29, 1.82) is 0 Å². The highest BCUT2D eigenvalue weighted by Gasteiger charge is 2.45. The second-order valence-corrected chi connectivity index (χ2v) is 7.47. The minimum atomic E-state index is -1.60. The predicted octanol–water partition coefficient (Wildman–Crippen LogP) is 1.63. The van der Waals surface area contributed by atoms with Crippen molar-refractivity contribution in [2.45, 2.75) is 30.7 Å². The molecule has 8 nitrogen and oxygen atoms in total. The summed E-state index contributed by atoms with van der Waals surface area (Å²) in [6, 6.07) is 9.74. The van der Waals surface area contributed by atoms with Gasteiger partial charge in [-0.15, -0.1) is 0 Å². The highest BCUT2D eigenvalue weighted by atomic mass is 35.5. The first-order chi connectivity index (χ1) is 14.3. The summed E-state index contributed by atoms with van der Waals surface area (Å²) in [4.78, 5) is 11.6. The fourth-order valence-corrected chi connectivity index (χ4v) is 3.61. The summed E-state index contributed by atoms with van der Waals surface area (Å²) in [6.07, 6.45) is -7.24. The Hall–Kier alpha value is -1.91. The molecule has 5 unspecified atom stereocenters. The molecule has 162 valence electrons. The number of hydrogen-bond donors (Lipinski definition) is 4. The van der Waals surface area contributed by atoms with E-state index < -0.39 is 43.3 Å². The Morgan fingerprint density at radius 1 is 1.00 bits per heavy atom. The summed E-state index contributed by atoms with van der Waals surface area (Å²) < 4.78 is 15.5. The lowest BCUT2D eigenvalue weighted by Gasteiger charge is -2.39. The van der Waals surface area contributed by atoms with Gasteiger partial charge >= 0.3 is 5.97 Å². The Morgan fingerprint density at radius 3 is 2.13 bits per heavy atom. The van der Waals surface area contributed by atoms with E-state index in [0.29, 0.717) is 11.1 Å².